The molecular weight excluding hydrogens is 484 g/mol. The maximum atomic E-state index is 11.7. The van der Waals surface area contributed by atoms with E-state index in [-0.39, 0.29) is 11.3 Å². The van der Waals surface area contributed by atoms with Gasteiger partial charge in [-0.15, -0.1) is 6.08 Å². The van der Waals surface area contributed by atoms with E-state index < -0.39 is 0 Å². The van der Waals surface area contributed by atoms with E-state index in [9.17, 15) is 4.79 Å². The molecule has 0 bridgehead atoms. The Morgan fingerprint density at radius 2 is 2.00 bits per heavy atom. The molecule has 0 saturated heterocycles. The number of carbonyl (C=O) groups is 1. The normalized spacial score (nSPS) is 14.5. The van der Waals surface area contributed by atoms with Crippen molar-refractivity contribution in [2.75, 3.05) is 6.54 Å². The van der Waals surface area contributed by atoms with Crippen LogP contribution < -0.4 is 5.32 Å². The molecule has 1 amide bonds. The molecule has 0 atom stereocenters. The number of carbonyl (C=O) groups excluding carboxylic acids is 1. The maximum absolute atomic E-state index is 11.7. The molecule has 0 aromatic heterocycles. The average molecular weight is 508 g/mol. The summed E-state index contributed by atoms with van der Waals surface area (Å²) in [4.78, 5) is 11.7. The van der Waals surface area contributed by atoms with E-state index in [0.29, 0.717) is 13.0 Å². The van der Waals surface area contributed by atoms with Crippen molar-refractivity contribution < 1.29 is 4.79 Å². The molecule has 0 unspecified atom stereocenters. The van der Waals surface area contributed by atoms with Crippen molar-refractivity contribution in [1.82, 2.24) is 5.32 Å². The van der Waals surface area contributed by atoms with Gasteiger partial charge >= 0.3 is 0 Å². The molecule has 0 aromatic rings. The second-order valence-electron chi connectivity index (χ2n) is 6.02. The molecule has 0 saturated carbocycles. The Bertz CT molecular complexity index is 375. The van der Waals surface area contributed by atoms with Gasteiger partial charge in [-0.3, -0.25) is 4.79 Å². The fourth-order valence-corrected chi connectivity index (χ4v) is 1.57. The molecule has 1 aliphatic rings. The first-order valence-electron chi connectivity index (χ1n) is 6.52. The summed E-state index contributed by atoms with van der Waals surface area (Å²) >= 11 is 0. The van der Waals surface area contributed by atoms with Crippen LogP contribution in [0.2, 0.25) is 0 Å². The van der Waals surface area contributed by atoms with Gasteiger partial charge < -0.3 is 5.32 Å². The van der Waals surface area contributed by atoms with Crippen molar-refractivity contribution in [3.8, 4) is 0 Å². The van der Waals surface area contributed by atoms with Crippen LogP contribution in [0.4, 0.5) is 0 Å². The summed E-state index contributed by atoms with van der Waals surface area (Å²) in [6.07, 6.45) is 11.8. The summed E-state index contributed by atoms with van der Waals surface area (Å²) in [5, 5.41) is 2.97. The fourth-order valence-electron chi connectivity index (χ4n) is 1.57. The third kappa shape index (κ3) is 7.48. The van der Waals surface area contributed by atoms with Crippen LogP contribution in [0.25, 0.3) is 0 Å². The Kier molecular flexibility index (Phi) is 6.19. The minimum absolute atomic E-state index is 0. The zero-order chi connectivity index (χ0) is 13.6. The van der Waals surface area contributed by atoms with Crippen LogP contribution in [0.1, 0.15) is 40.5 Å². The Hall–Kier alpha value is -2.44. The molecule has 1 N–H and O–H groups in total. The van der Waals surface area contributed by atoms with Crippen molar-refractivity contribution in [1.29, 1.82) is 0 Å². The van der Waals surface area contributed by atoms with E-state index in [1.807, 2.05) is 12.2 Å². The molecule has 1 radical (unpaired) electrons. The topological polar surface area (TPSA) is 29.1 Å². The predicted octanol–water partition coefficient (Wildman–Crippen LogP) is 3.58. The summed E-state index contributed by atoms with van der Waals surface area (Å²) < 4.78 is 0. The van der Waals surface area contributed by atoms with Gasteiger partial charge in [0.1, 0.15) is 0 Å². The molecule has 1 aliphatic carbocycles. The van der Waals surface area contributed by atoms with Gasteiger partial charge in [0.2, 0.25) is 5.91 Å². The monoisotopic (exact) mass is 508 g/mol. The Morgan fingerprint density at radius 3 is 2.63 bits per heavy atom. The largest absolute Gasteiger partial charge is 0.353 e. The van der Waals surface area contributed by atoms with Gasteiger partial charge in [0, 0.05) is 13.0 Å². The first-order chi connectivity index (χ1) is 8.37. The smallest absolute Gasteiger partial charge is 0.220 e. The summed E-state index contributed by atoms with van der Waals surface area (Å²) in [5.74, 6) is 1.36. The van der Waals surface area contributed by atoms with Crippen molar-refractivity contribution in [3.05, 3.63) is 41.9 Å². The minimum Gasteiger partial charge on any atom is -0.353 e. The Morgan fingerprint density at radius 1 is 1.32 bits per heavy atom. The van der Waals surface area contributed by atoms with Gasteiger partial charge in [0.05, 0.1) is 0 Å². The van der Waals surface area contributed by atoms with Crippen LogP contribution in [0, 0.1) is 11.3 Å². The van der Waals surface area contributed by atoms with E-state index in [0.717, 1.165) is 12.0 Å². The molecule has 1 rings (SSSR count). The number of hydrogen-bond donors (Lipinski definition) is 1. The summed E-state index contributed by atoms with van der Waals surface area (Å²) in [6.45, 7) is 9.13. The van der Waals surface area contributed by atoms with Crippen LogP contribution in [0.15, 0.2) is 36.0 Å². The van der Waals surface area contributed by atoms with Gasteiger partial charge in [-0.05, 0) is 11.8 Å². The van der Waals surface area contributed by atoms with E-state index in [2.05, 4.69) is 51.2 Å². The van der Waals surface area contributed by atoms with Gasteiger partial charge in [0.15, 0.2) is 0 Å². The molecule has 0 aliphatic heterocycles. The van der Waals surface area contributed by atoms with Crippen molar-refractivity contribution in [2.24, 2.45) is 5.41 Å². The Balaban J connectivity index is 0.00000324. The third-order valence-corrected chi connectivity index (χ3v) is 2.82. The average Bonchev–Trinajstić information content (AvgIpc) is 2.48. The SMILES string of the molecule is C[C-]1C=CC=C(CNC(=O)CCC(C)(C)C)C=C1.[Lr]. The molecule has 2 nitrogen and oxygen atoms in total. The first-order valence-corrected chi connectivity index (χ1v) is 6.52. The zero-order valence-electron chi connectivity index (χ0n) is 12.2. The second-order valence-corrected chi connectivity index (χ2v) is 6.02. The van der Waals surface area contributed by atoms with Crippen LogP contribution >= 0.6 is 0 Å². The van der Waals surface area contributed by atoms with E-state index in [1.165, 1.54) is 5.92 Å². The molecule has 0 heterocycles. The van der Waals surface area contributed by atoms with E-state index in [1.54, 1.807) is 0 Å². The molecule has 0 fully saturated rings. The van der Waals surface area contributed by atoms with Crippen molar-refractivity contribution >= 4 is 5.91 Å². The maximum Gasteiger partial charge on any atom is 0.220 e. The molecule has 0 spiro atoms. The van der Waals surface area contributed by atoms with Crippen molar-refractivity contribution in [3.63, 3.8) is 0 Å². The van der Waals surface area contributed by atoms with E-state index >= 15 is 0 Å². The third-order valence-electron chi connectivity index (χ3n) is 2.82. The molecule has 19 heavy (non-hydrogen) atoms. The number of rotatable bonds is 4. The zero-order valence-corrected chi connectivity index (χ0v) is 14.3. The summed E-state index contributed by atoms with van der Waals surface area (Å²) in [7, 11) is 0. The molecule has 115 valence electrons. The van der Waals surface area contributed by atoms with Crippen LogP contribution in [0.5, 0.6) is 0 Å². The standard InChI is InChI=1S/C16H24NO.Lr/c1-13-6-5-7-14(9-8-13)12-17-15(18)10-11-16(2,3)4;/h5-9H,10-12H2,1-4H3,(H,17,18);/q-1;. The molecular formula is C16H24LrNO-. The van der Waals surface area contributed by atoms with Gasteiger partial charge in [-0.25, -0.2) is 0 Å². The summed E-state index contributed by atoms with van der Waals surface area (Å²) in [5.41, 5.74) is 1.35. The van der Waals surface area contributed by atoms with Gasteiger partial charge in [-0.2, -0.15) is 30.2 Å². The summed E-state index contributed by atoms with van der Waals surface area (Å²) in [6, 6.07) is 0. The van der Waals surface area contributed by atoms with E-state index in [4.69, 9.17) is 0 Å². The number of hydrogen-bond acceptors (Lipinski definition) is 1. The van der Waals surface area contributed by atoms with Crippen LogP contribution in [0.3, 0.4) is 0 Å². The van der Waals surface area contributed by atoms with Crippen molar-refractivity contribution in [2.45, 2.75) is 40.5 Å². The minimum atomic E-state index is 0. The van der Waals surface area contributed by atoms with Crippen LogP contribution in [-0.4, -0.2) is 12.5 Å². The number of nitrogens with one attached hydrogen (secondary N) is 1. The van der Waals surface area contributed by atoms with Gasteiger partial charge in [0.25, 0.3) is 0 Å². The second kappa shape index (κ2) is 7.10. The molecule has 0 aromatic carbocycles. The number of allylic oxidation sites excluding steroid dienone is 4. The predicted molar refractivity (Wildman–Crippen MR) is 77.0 cm³/mol. The first kappa shape index (κ1) is 16.6. The quantitative estimate of drug-likeness (QED) is 0.579. The molecule has 3 heteroatoms. The van der Waals surface area contributed by atoms with Gasteiger partial charge in [-0.1, -0.05) is 33.3 Å². The fraction of sp³-hybridized carbons (Fsp3) is 0.500. The Labute approximate surface area is 111 Å². The van der Waals surface area contributed by atoms with Crippen LogP contribution in [-0.2, 0) is 4.79 Å². The number of amides is 1.